The first-order chi connectivity index (χ1) is 11.7. The lowest BCUT2D eigenvalue weighted by Crippen LogP contribution is -2.21. The minimum atomic E-state index is -3.24. The lowest BCUT2D eigenvalue weighted by atomic mass is 9.93. The number of benzene rings is 2. The van der Waals surface area contributed by atoms with Crippen LogP contribution in [0.15, 0.2) is 47.4 Å². The topological polar surface area (TPSA) is 54.5 Å². The van der Waals surface area contributed by atoms with Crippen molar-refractivity contribution >= 4 is 26.9 Å². The molecule has 0 radical (unpaired) electrons. The van der Waals surface area contributed by atoms with Gasteiger partial charge in [-0.1, -0.05) is 35.9 Å². The number of amides is 1. The molecule has 0 aliphatic carbocycles. The summed E-state index contributed by atoms with van der Waals surface area (Å²) in [5.41, 5.74) is 5.65. The first kappa shape index (κ1) is 17.4. The molecular weight excluding hydrogens is 334 g/mol. The molecule has 0 N–H and O–H groups in total. The Morgan fingerprint density at radius 2 is 1.64 bits per heavy atom. The number of aryl methyl sites for hydroxylation is 2. The van der Waals surface area contributed by atoms with Crippen LogP contribution in [0.2, 0.25) is 0 Å². The van der Waals surface area contributed by atoms with Crippen LogP contribution in [0.5, 0.6) is 0 Å². The normalized spacial score (nSPS) is 15.2. The van der Waals surface area contributed by atoms with Gasteiger partial charge in [0.25, 0.3) is 5.91 Å². The summed E-state index contributed by atoms with van der Waals surface area (Å²) in [6.07, 6.45) is 1.19. The molecule has 2 aromatic carbocycles. The Kier molecular flexibility index (Phi) is 4.29. The van der Waals surface area contributed by atoms with Crippen molar-refractivity contribution in [1.82, 2.24) is 4.90 Å². The average molecular weight is 355 g/mol. The van der Waals surface area contributed by atoms with Crippen LogP contribution < -0.4 is 0 Å². The molecule has 0 saturated carbocycles. The van der Waals surface area contributed by atoms with Crippen molar-refractivity contribution in [3.05, 3.63) is 64.7 Å². The van der Waals surface area contributed by atoms with Gasteiger partial charge in [-0.3, -0.25) is 4.79 Å². The number of carbonyl (C=O) groups is 1. The van der Waals surface area contributed by atoms with Gasteiger partial charge in [0.2, 0.25) is 0 Å². The van der Waals surface area contributed by atoms with E-state index >= 15 is 0 Å². The van der Waals surface area contributed by atoms with Crippen molar-refractivity contribution in [1.29, 1.82) is 0 Å². The van der Waals surface area contributed by atoms with Crippen molar-refractivity contribution in [2.24, 2.45) is 0 Å². The van der Waals surface area contributed by atoms with Gasteiger partial charge < -0.3 is 4.90 Å². The molecule has 1 amide bonds. The largest absolute Gasteiger partial charge is 0.337 e. The first-order valence-corrected chi connectivity index (χ1v) is 9.94. The summed E-state index contributed by atoms with van der Waals surface area (Å²) in [7, 11) is -1.45. The molecule has 1 aliphatic heterocycles. The van der Waals surface area contributed by atoms with Crippen molar-refractivity contribution in [2.45, 2.75) is 18.7 Å². The lowest BCUT2D eigenvalue weighted by molar-refractivity contribution is -0.122. The fourth-order valence-corrected chi connectivity index (χ4v) is 3.85. The third-order valence-corrected chi connectivity index (χ3v) is 5.67. The van der Waals surface area contributed by atoms with E-state index in [1.165, 1.54) is 6.26 Å². The van der Waals surface area contributed by atoms with Crippen LogP contribution in [0.4, 0.5) is 0 Å². The highest BCUT2D eigenvalue weighted by Crippen LogP contribution is 2.35. The SMILES string of the molecule is Cc1ccc(C2=C(c3ccc(S(C)(=O)=O)cc3)CN(C)C2=O)c(C)c1. The minimum absolute atomic E-state index is 0.00542. The maximum atomic E-state index is 12.7. The van der Waals surface area contributed by atoms with Gasteiger partial charge in [0.05, 0.1) is 10.5 Å². The smallest absolute Gasteiger partial charge is 0.254 e. The number of sulfone groups is 1. The molecule has 0 unspecified atom stereocenters. The first-order valence-electron chi connectivity index (χ1n) is 8.05. The van der Waals surface area contributed by atoms with Crippen LogP contribution >= 0.6 is 0 Å². The Labute approximate surface area is 148 Å². The third kappa shape index (κ3) is 3.24. The zero-order valence-corrected chi connectivity index (χ0v) is 15.6. The summed E-state index contributed by atoms with van der Waals surface area (Å²) in [4.78, 5) is 14.7. The summed E-state index contributed by atoms with van der Waals surface area (Å²) >= 11 is 0. The molecule has 0 bridgehead atoms. The molecule has 0 spiro atoms. The van der Waals surface area contributed by atoms with Gasteiger partial charge in [0.1, 0.15) is 0 Å². The van der Waals surface area contributed by atoms with Gasteiger partial charge in [0, 0.05) is 19.8 Å². The molecule has 0 atom stereocenters. The van der Waals surface area contributed by atoms with Crippen LogP contribution in [0.1, 0.15) is 22.3 Å². The van der Waals surface area contributed by atoms with Crippen molar-refractivity contribution in [3.8, 4) is 0 Å². The second-order valence-electron chi connectivity index (χ2n) is 6.63. The van der Waals surface area contributed by atoms with E-state index in [0.29, 0.717) is 12.1 Å². The van der Waals surface area contributed by atoms with Gasteiger partial charge in [-0.2, -0.15) is 0 Å². The molecule has 0 fully saturated rings. The second kappa shape index (κ2) is 6.15. The maximum absolute atomic E-state index is 12.7. The molecule has 130 valence electrons. The molecule has 5 heteroatoms. The molecule has 3 rings (SSSR count). The number of hydrogen-bond donors (Lipinski definition) is 0. The minimum Gasteiger partial charge on any atom is -0.337 e. The van der Waals surface area contributed by atoms with Crippen LogP contribution in [0, 0.1) is 13.8 Å². The van der Waals surface area contributed by atoms with Gasteiger partial charge in [-0.25, -0.2) is 8.42 Å². The highest BCUT2D eigenvalue weighted by molar-refractivity contribution is 7.90. The predicted octanol–water partition coefficient (Wildman–Crippen LogP) is 3.09. The Hall–Kier alpha value is -2.40. The lowest BCUT2D eigenvalue weighted by Gasteiger charge is -2.10. The average Bonchev–Trinajstić information content (AvgIpc) is 2.83. The van der Waals surface area contributed by atoms with Gasteiger partial charge in [0.15, 0.2) is 9.84 Å². The van der Waals surface area contributed by atoms with Crippen LogP contribution in [-0.4, -0.2) is 39.1 Å². The highest BCUT2D eigenvalue weighted by Gasteiger charge is 2.30. The quantitative estimate of drug-likeness (QED) is 0.850. The van der Waals surface area contributed by atoms with E-state index in [2.05, 4.69) is 6.07 Å². The maximum Gasteiger partial charge on any atom is 0.254 e. The summed E-state index contributed by atoms with van der Waals surface area (Å²) in [5.74, 6) is -0.00542. The molecule has 0 saturated heterocycles. The fourth-order valence-electron chi connectivity index (χ4n) is 3.22. The third-order valence-electron chi connectivity index (χ3n) is 4.54. The standard InChI is InChI=1S/C20H21NO3S/c1-13-5-10-17(14(2)11-13)19-18(12-21(3)20(19)22)15-6-8-16(9-7-15)25(4,23)24/h5-11H,12H2,1-4H3. The summed E-state index contributed by atoms with van der Waals surface area (Å²) < 4.78 is 23.3. The summed E-state index contributed by atoms with van der Waals surface area (Å²) in [6.45, 7) is 4.55. The van der Waals surface area contributed by atoms with Gasteiger partial charge in [-0.05, 0) is 48.2 Å². The Morgan fingerprint density at radius 1 is 1.00 bits per heavy atom. The zero-order valence-electron chi connectivity index (χ0n) is 14.8. The van der Waals surface area contributed by atoms with E-state index in [9.17, 15) is 13.2 Å². The Balaban J connectivity index is 2.16. The predicted molar refractivity (Wildman–Crippen MR) is 99.9 cm³/mol. The van der Waals surface area contributed by atoms with E-state index in [0.717, 1.165) is 27.8 Å². The number of carbonyl (C=O) groups excluding carboxylic acids is 1. The molecule has 1 aliphatic rings. The molecule has 1 heterocycles. The van der Waals surface area contributed by atoms with Crippen LogP contribution in [-0.2, 0) is 14.6 Å². The van der Waals surface area contributed by atoms with Gasteiger partial charge in [-0.15, -0.1) is 0 Å². The van der Waals surface area contributed by atoms with E-state index in [1.54, 1.807) is 36.2 Å². The number of rotatable bonds is 3. The van der Waals surface area contributed by atoms with E-state index in [-0.39, 0.29) is 10.8 Å². The van der Waals surface area contributed by atoms with Crippen molar-refractivity contribution < 1.29 is 13.2 Å². The summed E-state index contributed by atoms with van der Waals surface area (Å²) in [5, 5.41) is 0. The number of nitrogens with zero attached hydrogens (tertiary/aromatic N) is 1. The fraction of sp³-hybridized carbons (Fsp3) is 0.250. The van der Waals surface area contributed by atoms with E-state index < -0.39 is 9.84 Å². The number of hydrogen-bond acceptors (Lipinski definition) is 3. The van der Waals surface area contributed by atoms with Crippen LogP contribution in [0.3, 0.4) is 0 Å². The Bertz CT molecular complexity index is 986. The highest BCUT2D eigenvalue weighted by atomic mass is 32.2. The van der Waals surface area contributed by atoms with Crippen molar-refractivity contribution in [3.63, 3.8) is 0 Å². The Morgan fingerprint density at radius 3 is 2.20 bits per heavy atom. The molecule has 2 aromatic rings. The van der Waals surface area contributed by atoms with E-state index in [4.69, 9.17) is 0 Å². The zero-order chi connectivity index (χ0) is 18.4. The van der Waals surface area contributed by atoms with Crippen molar-refractivity contribution in [2.75, 3.05) is 19.8 Å². The monoisotopic (exact) mass is 355 g/mol. The van der Waals surface area contributed by atoms with Gasteiger partial charge >= 0.3 is 0 Å². The molecule has 25 heavy (non-hydrogen) atoms. The molecule has 0 aromatic heterocycles. The van der Waals surface area contributed by atoms with Crippen LogP contribution in [0.25, 0.3) is 11.1 Å². The molecule has 4 nitrogen and oxygen atoms in total. The number of likely N-dealkylation sites (N-methyl/N-ethyl adjacent to an activating group) is 1. The molecular formula is C20H21NO3S. The second-order valence-corrected chi connectivity index (χ2v) is 8.65. The summed E-state index contributed by atoms with van der Waals surface area (Å²) in [6, 6.07) is 12.8. The van der Waals surface area contributed by atoms with E-state index in [1.807, 2.05) is 26.0 Å².